The van der Waals surface area contributed by atoms with E-state index in [2.05, 4.69) is 0 Å². The van der Waals surface area contributed by atoms with E-state index < -0.39 is 11.4 Å². The van der Waals surface area contributed by atoms with Crippen molar-refractivity contribution in [1.82, 2.24) is 0 Å². The van der Waals surface area contributed by atoms with E-state index in [1.165, 1.54) is 0 Å². The van der Waals surface area contributed by atoms with Crippen LogP contribution in [0.15, 0.2) is 0 Å². The summed E-state index contributed by atoms with van der Waals surface area (Å²) in [6.45, 7) is 0. The van der Waals surface area contributed by atoms with Gasteiger partial charge in [-0.3, -0.25) is 4.21 Å². The summed E-state index contributed by atoms with van der Waals surface area (Å²) in [5.74, 6) is 0. The van der Waals surface area contributed by atoms with Gasteiger partial charge >= 0.3 is 0 Å². The zero-order chi connectivity index (χ0) is 3.58. The minimum Gasteiger partial charge on any atom is -0.870 e. The molecule has 0 bridgehead atoms. The Labute approximate surface area is 47.8 Å². The maximum absolute atomic E-state index is 8.44. The van der Waals surface area contributed by atoms with Crippen LogP contribution in [0.4, 0.5) is 0 Å². The molecule has 0 spiro atoms. The van der Waals surface area contributed by atoms with Gasteiger partial charge in [-0.25, -0.2) is 0 Å². The van der Waals surface area contributed by atoms with E-state index in [1.54, 1.807) is 0 Å². The third-order valence-corrected chi connectivity index (χ3v) is 0. The van der Waals surface area contributed by atoms with Crippen molar-refractivity contribution < 1.29 is 35.9 Å². The minimum absolute atomic E-state index is 0. The molecule has 0 aliphatic heterocycles. The fourth-order valence-electron chi connectivity index (χ4n) is 0. The van der Waals surface area contributed by atoms with E-state index >= 15 is 0 Å². The van der Waals surface area contributed by atoms with Crippen molar-refractivity contribution in [3.63, 3.8) is 0 Å². The molecule has 0 rings (SSSR count). The zero-order valence-electron chi connectivity index (χ0n) is 2.38. The normalized spacial score (nSPS) is 5.83. The van der Waals surface area contributed by atoms with Crippen LogP contribution in [0.1, 0.15) is 0 Å². The Kier molecular flexibility index (Phi) is 24.3. The summed E-state index contributed by atoms with van der Waals surface area (Å²) in [5.41, 5.74) is 0. The number of hydrogen-bond acceptors (Lipinski definition) is 4. The second-order valence-corrected chi connectivity index (χ2v) is 0.612. The summed E-state index contributed by atoms with van der Waals surface area (Å²) >= 11 is -3.11. The molecule has 0 fully saturated rings. The first-order chi connectivity index (χ1) is 1.73. The van der Waals surface area contributed by atoms with E-state index in [0.717, 1.165) is 0 Å². The minimum atomic E-state index is -3.11. The Morgan fingerprint density at radius 3 is 1.33 bits per heavy atom. The van der Waals surface area contributed by atoms with Crippen LogP contribution in [0.5, 0.6) is 0 Å². The molecule has 0 aliphatic rings. The largest absolute Gasteiger partial charge is 0.870 e. The van der Waals surface area contributed by atoms with E-state index in [4.69, 9.17) is 13.3 Å². The second kappa shape index (κ2) is 9.12. The SMILES string of the molecule is O=S([O-])[O-].[Cu].[OH-]. The maximum atomic E-state index is 8.44. The zero-order valence-corrected chi connectivity index (χ0v) is 4.14. The first-order valence-corrected chi connectivity index (χ1v) is 1.50. The van der Waals surface area contributed by atoms with Crippen molar-refractivity contribution in [2.75, 3.05) is 0 Å². The van der Waals surface area contributed by atoms with E-state index in [9.17, 15) is 0 Å². The molecule has 1 N–H and O–H groups in total. The van der Waals surface area contributed by atoms with Gasteiger partial charge in [0.2, 0.25) is 0 Å². The smallest absolute Gasteiger partial charge is 0 e. The third kappa shape index (κ3) is 190. The van der Waals surface area contributed by atoms with Crippen LogP contribution in [-0.2, 0) is 28.4 Å². The van der Waals surface area contributed by atoms with Gasteiger partial charge < -0.3 is 14.6 Å². The molecule has 0 saturated carbocycles. The van der Waals surface area contributed by atoms with Gasteiger partial charge in [0.15, 0.2) is 0 Å². The van der Waals surface area contributed by atoms with Gasteiger partial charge in [-0.15, -0.1) is 11.4 Å². The molecule has 6 heteroatoms. The first kappa shape index (κ1) is 16.0. The van der Waals surface area contributed by atoms with Gasteiger partial charge in [0.25, 0.3) is 0 Å². The molecule has 0 aromatic heterocycles. The summed E-state index contributed by atoms with van der Waals surface area (Å²) in [7, 11) is 0. The fourth-order valence-corrected chi connectivity index (χ4v) is 0. The molecule has 0 aromatic carbocycles. The monoisotopic (exact) mass is 160 g/mol. The number of rotatable bonds is 0. The van der Waals surface area contributed by atoms with Crippen LogP contribution in [0, 0.1) is 0 Å². The molecule has 6 heavy (non-hydrogen) atoms. The maximum Gasteiger partial charge on any atom is 0 e. The fraction of sp³-hybridized carbons (Fsp3) is 0. The Morgan fingerprint density at radius 2 is 1.33 bits per heavy atom. The molecule has 45 valence electrons. The molecule has 1 radical (unpaired) electrons. The summed E-state index contributed by atoms with van der Waals surface area (Å²) in [4.78, 5) is 0. The van der Waals surface area contributed by atoms with E-state index in [1.807, 2.05) is 0 Å². The van der Waals surface area contributed by atoms with Gasteiger partial charge in [0, 0.05) is 17.1 Å². The molecule has 0 aromatic rings. The Balaban J connectivity index is -0.0000000450. The van der Waals surface area contributed by atoms with Crippen molar-refractivity contribution >= 4 is 11.4 Å². The molecular formula is HCuO4S-3. The van der Waals surface area contributed by atoms with Crippen molar-refractivity contribution in [3.8, 4) is 0 Å². The van der Waals surface area contributed by atoms with Crippen LogP contribution in [0.2, 0.25) is 0 Å². The predicted molar refractivity (Wildman–Crippen MR) is 11.6 cm³/mol. The Morgan fingerprint density at radius 1 is 1.33 bits per heavy atom. The molecule has 0 unspecified atom stereocenters. The Bertz CT molecular complexity index is 30.5. The van der Waals surface area contributed by atoms with Gasteiger partial charge in [0.1, 0.15) is 0 Å². The molecule has 0 saturated heterocycles. The Hall–Kier alpha value is 0.549. The van der Waals surface area contributed by atoms with Crippen LogP contribution in [0.25, 0.3) is 0 Å². The van der Waals surface area contributed by atoms with Gasteiger partial charge in [0.05, 0.1) is 0 Å². The van der Waals surface area contributed by atoms with Crippen molar-refractivity contribution in [3.05, 3.63) is 0 Å². The standard InChI is InChI=1S/Cu.H2O3S.H2O/c;1-4(2)3;/h;(H2,1,2,3);1H2/p-3. The van der Waals surface area contributed by atoms with Crippen molar-refractivity contribution in [2.45, 2.75) is 0 Å². The molecule has 0 atom stereocenters. The third-order valence-electron chi connectivity index (χ3n) is 0. The second-order valence-electron chi connectivity index (χ2n) is 0.204. The van der Waals surface area contributed by atoms with Crippen LogP contribution in [0.3, 0.4) is 0 Å². The van der Waals surface area contributed by atoms with E-state index in [-0.39, 0.29) is 22.5 Å². The van der Waals surface area contributed by atoms with Crippen LogP contribution < -0.4 is 0 Å². The van der Waals surface area contributed by atoms with Crippen LogP contribution in [-0.4, -0.2) is 18.8 Å². The molecule has 0 heterocycles. The molecule has 0 amide bonds. The van der Waals surface area contributed by atoms with Crippen molar-refractivity contribution in [1.29, 1.82) is 0 Å². The average Bonchev–Trinajstić information content (AvgIpc) is 0.811. The van der Waals surface area contributed by atoms with E-state index in [0.29, 0.717) is 0 Å². The van der Waals surface area contributed by atoms with Crippen LogP contribution >= 0.6 is 0 Å². The van der Waals surface area contributed by atoms with Crippen molar-refractivity contribution in [2.24, 2.45) is 0 Å². The first-order valence-electron chi connectivity index (χ1n) is 0.500. The summed E-state index contributed by atoms with van der Waals surface area (Å²) in [5, 5.41) is 0. The molecule has 4 nitrogen and oxygen atoms in total. The molecular weight excluding hydrogens is 160 g/mol. The van der Waals surface area contributed by atoms with Gasteiger partial charge in [-0.05, 0) is 0 Å². The topological polar surface area (TPSA) is 93.2 Å². The quantitative estimate of drug-likeness (QED) is 0.329. The van der Waals surface area contributed by atoms with Gasteiger partial charge in [-0.2, -0.15) is 0 Å². The summed E-state index contributed by atoms with van der Waals surface area (Å²) < 4.78 is 25.3. The summed E-state index contributed by atoms with van der Waals surface area (Å²) in [6.07, 6.45) is 0. The van der Waals surface area contributed by atoms with Gasteiger partial charge in [-0.1, -0.05) is 0 Å². The average molecular weight is 161 g/mol. The number of hydrogen-bond donors (Lipinski definition) is 0. The predicted octanol–water partition coefficient (Wildman–Crippen LogP) is -1.18. The summed E-state index contributed by atoms with van der Waals surface area (Å²) in [6, 6.07) is 0. The molecule has 0 aliphatic carbocycles.